The molecule has 0 aliphatic carbocycles. The van der Waals surface area contributed by atoms with Crippen LogP contribution in [0.4, 0.5) is 0 Å². The molecule has 0 bridgehead atoms. The second-order valence-electron chi connectivity index (χ2n) is 4.19. The van der Waals surface area contributed by atoms with Gasteiger partial charge in [0.05, 0.1) is 5.56 Å². The molecule has 1 fully saturated rings. The van der Waals surface area contributed by atoms with Crippen molar-refractivity contribution in [3.8, 4) is 0 Å². The van der Waals surface area contributed by atoms with E-state index < -0.39 is 0 Å². The average molecular weight is 236 g/mol. The molecular formula is C11H12N2O2S. The van der Waals surface area contributed by atoms with Crippen molar-refractivity contribution in [1.82, 2.24) is 10.2 Å². The first-order valence-electron chi connectivity index (χ1n) is 5.41. The molecule has 16 heavy (non-hydrogen) atoms. The van der Waals surface area contributed by atoms with Gasteiger partial charge in [-0.25, -0.2) is 0 Å². The first kappa shape index (κ1) is 9.84. The van der Waals surface area contributed by atoms with Crippen LogP contribution in [0.5, 0.6) is 0 Å². The molecule has 0 saturated carbocycles. The summed E-state index contributed by atoms with van der Waals surface area (Å²) in [6.45, 7) is 1.33. The van der Waals surface area contributed by atoms with Gasteiger partial charge < -0.3 is 10.2 Å². The lowest BCUT2D eigenvalue weighted by atomic mass is 10.1. The maximum atomic E-state index is 12.1. The summed E-state index contributed by atoms with van der Waals surface area (Å²) in [5.74, 6) is 0.00623. The first-order chi connectivity index (χ1) is 7.77. The van der Waals surface area contributed by atoms with Crippen LogP contribution < -0.4 is 5.32 Å². The van der Waals surface area contributed by atoms with Gasteiger partial charge in [0.25, 0.3) is 5.91 Å². The lowest BCUT2D eigenvalue weighted by Gasteiger charge is -2.30. The first-order valence-corrected chi connectivity index (χ1v) is 6.35. The van der Waals surface area contributed by atoms with E-state index in [1.54, 1.807) is 16.2 Å². The predicted octanol–water partition coefficient (Wildman–Crippen LogP) is 0.982. The Balaban J connectivity index is 1.85. The Hall–Kier alpha value is -1.36. The Kier molecular flexibility index (Phi) is 2.21. The predicted molar refractivity (Wildman–Crippen MR) is 60.2 cm³/mol. The summed E-state index contributed by atoms with van der Waals surface area (Å²) in [7, 11) is 0. The van der Waals surface area contributed by atoms with Crippen molar-refractivity contribution < 1.29 is 9.59 Å². The quantitative estimate of drug-likeness (QED) is 0.790. The molecule has 0 radical (unpaired) electrons. The minimum atomic E-state index is -0.265. The van der Waals surface area contributed by atoms with Gasteiger partial charge in [-0.1, -0.05) is 0 Å². The van der Waals surface area contributed by atoms with E-state index in [1.165, 1.54) is 0 Å². The number of nitrogens with zero attached hydrogens (tertiary/aromatic N) is 1. The van der Waals surface area contributed by atoms with Crippen molar-refractivity contribution >= 4 is 23.2 Å². The Morgan fingerprint density at radius 2 is 2.25 bits per heavy atom. The van der Waals surface area contributed by atoms with Crippen LogP contribution in [-0.2, 0) is 11.3 Å². The van der Waals surface area contributed by atoms with Gasteiger partial charge in [-0.15, -0.1) is 0 Å². The maximum Gasteiger partial charge on any atom is 0.256 e. The van der Waals surface area contributed by atoms with Gasteiger partial charge in [-0.2, -0.15) is 11.3 Å². The number of amides is 2. The molecule has 5 heteroatoms. The number of thiophene rings is 1. The summed E-state index contributed by atoms with van der Waals surface area (Å²) in [6, 6.07) is -0.265. The van der Waals surface area contributed by atoms with Gasteiger partial charge in [0.2, 0.25) is 5.91 Å². The van der Waals surface area contributed by atoms with E-state index in [-0.39, 0.29) is 17.9 Å². The second kappa shape index (κ2) is 3.59. The lowest BCUT2D eigenvalue weighted by Crippen LogP contribution is -2.50. The zero-order valence-corrected chi connectivity index (χ0v) is 9.55. The highest BCUT2D eigenvalue weighted by Crippen LogP contribution is 2.29. The van der Waals surface area contributed by atoms with Crippen molar-refractivity contribution in [2.75, 3.05) is 6.54 Å². The topological polar surface area (TPSA) is 49.4 Å². The zero-order chi connectivity index (χ0) is 11.1. The van der Waals surface area contributed by atoms with E-state index in [4.69, 9.17) is 0 Å². The summed E-state index contributed by atoms with van der Waals surface area (Å²) in [5, 5.41) is 6.69. The van der Waals surface area contributed by atoms with Gasteiger partial charge in [-0.05, 0) is 23.8 Å². The summed E-state index contributed by atoms with van der Waals surface area (Å²) >= 11 is 1.55. The molecule has 3 rings (SSSR count). The molecule has 2 aliphatic rings. The monoisotopic (exact) mass is 236 g/mol. The van der Waals surface area contributed by atoms with Gasteiger partial charge in [0.1, 0.15) is 6.04 Å². The van der Waals surface area contributed by atoms with E-state index in [0.717, 1.165) is 30.5 Å². The fourth-order valence-electron chi connectivity index (χ4n) is 2.35. The normalized spacial score (nSPS) is 24.5. The van der Waals surface area contributed by atoms with Crippen LogP contribution in [0.25, 0.3) is 0 Å². The largest absolute Gasteiger partial charge is 0.354 e. The summed E-state index contributed by atoms with van der Waals surface area (Å²) in [6.07, 6.45) is 1.73. The van der Waals surface area contributed by atoms with Crippen LogP contribution >= 0.6 is 11.3 Å². The van der Waals surface area contributed by atoms with Crippen molar-refractivity contribution in [1.29, 1.82) is 0 Å². The van der Waals surface area contributed by atoms with Gasteiger partial charge in [-0.3, -0.25) is 9.59 Å². The molecular weight excluding hydrogens is 224 g/mol. The van der Waals surface area contributed by atoms with Crippen LogP contribution in [0.2, 0.25) is 0 Å². The van der Waals surface area contributed by atoms with Crippen molar-refractivity contribution in [3.63, 3.8) is 0 Å². The second-order valence-corrected chi connectivity index (χ2v) is 4.94. The van der Waals surface area contributed by atoms with E-state index in [9.17, 15) is 9.59 Å². The number of rotatable bonds is 1. The Bertz CT molecular complexity index is 455. The lowest BCUT2D eigenvalue weighted by molar-refractivity contribution is -0.127. The SMILES string of the molecule is O=C1NCCC[C@H]1N1Cc2cscc2C1=O. The highest BCUT2D eigenvalue weighted by molar-refractivity contribution is 7.08. The third kappa shape index (κ3) is 1.35. The summed E-state index contributed by atoms with van der Waals surface area (Å²) in [5.41, 5.74) is 1.84. The molecule has 1 atom stereocenters. The molecule has 4 nitrogen and oxygen atoms in total. The highest BCUT2D eigenvalue weighted by Gasteiger charge is 2.37. The molecule has 3 heterocycles. The number of hydrogen-bond donors (Lipinski definition) is 1. The van der Waals surface area contributed by atoms with Gasteiger partial charge in [0.15, 0.2) is 0 Å². The molecule has 84 valence electrons. The fourth-order valence-corrected chi connectivity index (χ4v) is 3.17. The minimum Gasteiger partial charge on any atom is -0.354 e. The number of hydrogen-bond acceptors (Lipinski definition) is 3. The van der Waals surface area contributed by atoms with Crippen molar-refractivity contribution in [2.45, 2.75) is 25.4 Å². The van der Waals surface area contributed by atoms with E-state index in [1.807, 2.05) is 10.8 Å². The van der Waals surface area contributed by atoms with Crippen molar-refractivity contribution in [3.05, 3.63) is 21.9 Å². The zero-order valence-electron chi connectivity index (χ0n) is 8.73. The maximum absolute atomic E-state index is 12.1. The smallest absolute Gasteiger partial charge is 0.256 e. The Labute approximate surface area is 97.2 Å². The molecule has 1 aromatic rings. The molecule has 2 amide bonds. The van der Waals surface area contributed by atoms with Crippen LogP contribution in [0.15, 0.2) is 10.8 Å². The fraction of sp³-hybridized carbons (Fsp3) is 0.455. The third-order valence-electron chi connectivity index (χ3n) is 3.21. The van der Waals surface area contributed by atoms with Crippen LogP contribution in [0.3, 0.4) is 0 Å². The molecule has 1 saturated heterocycles. The molecule has 2 aliphatic heterocycles. The minimum absolute atomic E-state index is 0.00609. The standard InChI is InChI=1S/C11H12N2O2S/c14-10-9(2-1-3-12-10)13-4-7-5-16-6-8(7)11(13)15/h5-6,9H,1-4H2,(H,12,14)/t9-/m1/s1. The number of fused-ring (bicyclic) bond motifs is 1. The number of nitrogens with one attached hydrogen (secondary N) is 1. The third-order valence-corrected chi connectivity index (χ3v) is 4.00. The van der Waals surface area contributed by atoms with Crippen molar-refractivity contribution in [2.24, 2.45) is 0 Å². The van der Waals surface area contributed by atoms with Gasteiger partial charge >= 0.3 is 0 Å². The van der Waals surface area contributed by atoms with E-state index >= 15 is 0 Å². The molecule has 1 aromatic heterocycles. The molecule has 0 spiro atoms. The Morgan fingerprint density at radius 1 is 1.38 bits per heavy atom. The van der Waals surface area contributed by atoms with E-state index in [2.05, 4.69) is 5.32 Å². The summed E-state index contributed by atoms with van der Waals surface area (Å²) < 4.78 is 0. The van der Waals surface area contributed by atoms with Crippen LogP contribution in [0.1, 0.15) is 28.8 Å². The average Bonchev–Trinajstić information content (AvgIpc) is 2.83. The molecule has 0 unspecified atom stereocenters. The molecule has 0 aromatic carbocycles. The number of carbonyl (C=O) groups excluding carboxylic acids is 2. The molecule has 1 N–H and O–H groups in total. The van der Waals surface area contributed by atoms with Crippen LogP contribution in [0, 0.1) is 0 Å². The van der Waals surface area contributed by atoms with E-state index in [0.29, 0.717) is 6.54 Å². The van der Waals surface area contributed by atoms with Crippen LogP contribution in [-0.4, -0.2) is 29.3 Å². The highest BCUT2D eigenvalue weighted by atomic mass is 32.1. The van der Waals surface area contributed by atoms with Gasteiger partial charge in [0, 0.05) is 18.5 Å². The Morgan fingerprint density at radius 3 is 3.00 bits per heavy atom. The summed E-state index contributed by atoms with van der Waals surface area (Å²) in [4.78, 5) is 25.5. The number of piperidine rings is 1. The number of carbonyl (C=O) groups is 2.